The van der Waals surface area contributed by atoms with Gasteiger partial charge in [0.25, 0.3) is 5.91 Å². The van der Waals surface area contributed by atoms with E-state index in [9.17, 15) is 4.79 Å². The van der Waals surface area contributed by atoms with Gasteiger partial charge in [0.1, 0.15) is 12.0 Å². The summed E-state index contributed by atoms with van der Waals surface area (Å²) in [5, 5.41) is 2.86. The number of amides is 1. The Morgan fingerprint density at radius 3 is 2.56 bits per heavy atom. The Labute approximate surface area is 160 Å². The molecule has 1 aliphatic rings. The number of rotatable bonds is 7. The van der Waals surface area contributed by atoms with Crippen LogP contribution in [0.4, 0.5) is 5.69 Å². The molecule has 2 heterocycles. The summed E-state index contributed by atoms with van der Waals surface area (Å²) in [6, 6.07) is 8.15. The molecule has 0 atom stereocenters. The molecule has 0 aliphatic carbocycles. The number of hydrogen-bond donors (Lipinski definition) is 1. The zero-order valence-corrected chi connectivity index (χ0v) is 16.3. The van der Waals surface area contributed by atoms with E-state index in [-0.39, 0.29) is 5.91 Å². The Bertz CT molecular complexity index is 734. The molecule has 1 aromatic heterocycles. The van der Waals surface area contributed by atoms with E-state index in [2.05, 4.69) is 46.1 Å². The summed E-state index contributed by atoms with van der Waals surface area (Å²) in [6.07, 6.45) is 1.44. The van der Waals surface area contributed by atoms with E-state index in [0.29, 0.717) is 30.6 Å². The van der Waals surface area contributed by atoms with Crippen LogP contribution in [0.3, 0.4) is 0 Å². The lowest BCUT2D eigenvalue weighted by atomic mass is 10.2. The van der Waals surface area contributed by atoms with Crippen molar-refractivity contribution in [2.75, 3.05) is 44.7 Å². The topological polar surface area (TPSA) is 70.8 Å². The van der Waals surface area contributed by atoms with Crippen LogP contribution < -0.4 is 15.0 Å². The van der Waals surface area contributed by atoms with Crippen LogP contribution in [-0.4, -0.2) is 55.6 Å². The highest BCUT2D eigenvalue weighted by molar-refractivity contribution is 5.91. The van der Waals surface area contributed by atoms with E-state index in [1.54, 1.807) is 7.11 Å². The summed E-state index contributed by atoms with van der Waals surface area (Å²) in [4.78, 5) is 21.0. The number of nitrogens with one attached hydrogen (secondary N) is 1. The lowest BCUT2D eigenvalue weighted by Gasteiger charge is -2.35. The first-order chi connectivity index (χ1) is 13.0. The average molecular weight is 372 g/mol. The zero-order chi connectivity index (χ0) is 19.2. The molecule has 1 saturated heterocycles. The van der Waals surface area contributed by atoms with E-state index in [0.717, 1.165) is 31.9 Å². The van der Waals surface area contributed by atoms with Crippen LogP contribution in [0.2, 0.25) is 0 Å². The fourth-order valence-corrected chi connectivity index (χ4v) is 3.02. The van der Waals surface area contributed by atoms with Crippen LogP contribution in [0.5, 0.6) is 5.75 Å². The van der Waals surface area contributed by atoms with Crippen LogP contribution in [-0.2, 0) is 6.54 Å². The fraction of sp³-hybridized carbons (Fsp3) is 0.500. The second-order valence-electron chi connectivity index (χ2n) is 7.19. The van der Waals surface area contributed by atoms with E-state index >= 15 is 0 Å². The van der Waals surface area contributed by atoms with Gasteiger partial charge in [-0.1, -0.05) is 13.8 Å². The Balaban J connectivity index is 1.48. The van der Waals surface area contributed by atoms with E-state index in [1.807, 2.05) is 12.1 Å². The maximum absolute atomic E-state index is 12.0. The largest absolute Gasteiger partial charge is 0.497 e. The van der Waals surface area contributed by atoms with E-state index < -0.39 is 0 Å². The number of carbonyl (C=O) groups excluding carboxylic acids is 1. The molecule has 7 heteroatoms. The molecule has 1 aromatic carbocycles. The fourth-order valence-electron chi connectivity index (χ4n) is 3.02. The highest BCUT2D eigenvalue weighted by Gasteiger charge is 2.20. The van der Waals surface area contributed by atoms with Crippen molar-refractivity contribution in [3.05, 3.63) is 42.1 Å². The van der Waals surface area contributed by atoms with Crippen molar-refractivity contribution in [1.82, 2.24) is 15.2 Å². The molecule has 1 aliphatic heterocycles. The number of hydrogen-bond acceptors (Lipinski definition) is 6. The van der Waals surface area contributed by atoms with Crippen LogP contribution in [0.25, 0.3) is 0 Å². The van der Waals surface area contributed by atoms with E-state index in [4.69, 9.17) is 9.15 Å². The predicted molar refractivity (Wildman–Crippen MR) is 104 cm³/mol. The number of aromatic nitrogens is 1. The number of oxazole rings is 1. The number of benzene rings is 1. The Kier molecular flexibility index (Phi) is 6.34. The molecule has 0 unspecified atom stereocenters. The molecular weight excluding hydrogens is 344 g/mol. The molecule has 2 aromatic rings. The van der Waals surface area contributed by atoms with Gasteiger partial charge in [-0.25, -0.2) is 4.98 Å². The minimum atomic E-state index is -0.178. The number of piperazine rings is 1. The Morgan fingerprint density at radius 1 is 1.22 bits per heavy atom. The predicted octanol–water partition coefficient (Wildman–Crippen LogP) is 2.39. The maximum Gasteiger partial charge on any atom is 0.273 e. The first-order valence-corrected chi connectivity index (χ1v) is 9.39. The molecule has 0 saturated carbocycles. The van der Waals surface area contributed by atoms with E-state index in [1.165, 1.54) is 12.0 Å². The molecule has 1 fully saturated rings. The number of ether oxygens (including phenoxy) is 1. The summed E-state index contributed by atoms with van der Waals surface area (Å²) in [6.45, 7) is 9.08. The quantitative estimate of drug-likeness (QED) is 0.805. The Hall–Kier alpha value is -2.54. The van der Waals surface area contributed by atoms with Gasteiger partial charge < -0.3 is 19.4 Å². The summed E-state index contributed by atoms with van der Waals surface area (Å²) in [7, 11) is 1.68. The first-order valence-electron chi connectivity index (χ1n) is 9.39. The molecule has 0 bridgehead atoms. The summed E-state index contributed by atoms with van der Waals surface area (Å²) in [5.41, 5.74) is 1.55. The smallest absolute Gasteiger partial charge is 0.273 e. The standard InChI is InChI=1S/C20H28N4O3/c1-15(2)12-21-20(25)18-14-27-19(22-18)13-23-8-10-24(11-9-23)16-4-6-17(26-3)7-5-16/h4-7,14-15H,8-13H2,1-3H3,(H,21,25). The number of anilines is 1. The van der Waals surface area contributed by atoms with Gasteiger partial charge in [-0.2, -0.15) is 0 Å². The summed E-state index contributed by atoms with van der Waals surface area (Å²) in [5.74, 6) is 1.68. The van der Waals surface area contributed by atoms with Gasteiger partial charge in [-0.3, -0.25) is 9.69 Å². The highest BCUT2D eigenvalue weighted by Crippen LogP contribution is 2.21. The van der Waals surface area contributed by atoms with Crippen LogP contribution in [0, 0.1) is 5.92 Å². The van der Waals surface area contributed by atoms with Gasteiger partial charge in [0.15, 0.2) is 5.69 Å². The highest BCUT2D eigenvalue weighted by atomic mass is 16.5. The number of nitrogens with zero attached hydrogens (tertiary/aromatic N) is 3. The molecule has 7 nitrogen and oxygen atoms in total. The molecular formula is C20H28N4O3. The maximum atomic E-state index is 12.0. The molecule has 1 N–H and O–H groups in total. The summed E-state index contributed by atoms with van der Waals surface area (Å²) < 4.78 is 10.7. The van der Waals surface area contributed by atoms with Crippen molar-refractivity contribution in [3.8, 4) is 5.75 Å². The van der Waals surface area contributed by atoms with Gasteiger partial charge in [0, 0.05) is 38.4 Å². The molecule has 0 spiro atoms. The van der Waals surface area contributed by atoms with Crippen LogP contribution in [0.1, 0.15) is 30.2 Å². The van der Waals surface area contributed by atoms with Crippen LogP contribution >= 0.6 is 0 Å². The molecule has 3 rings (SSSR count). The SMILES string of the molecule is COc1ccc(N2CCN(Cc3nc(C(=O)NCC(C)C)co3)CC2)cc1. The number of methoxy groups -OCH3 is 1. The third kappa shape index (κ3) is 5.23. The molecule has 27 heavy (non-hydrogen) atoms. The first kappa shape index (κ1) is 19.2. The normalized spacial score (nSPS) is 15.2. The van der Waals surface area contributed by atoms with Crippen molar-refractivity contribution in [3.63, 3.8) is 0 Å². The van der Waals surface area contributed by atoms with Crippen molar-refractivity contribution in [2.45, 2.75) is 20.4 Å². The Morgan fingerprint density at radius 2 is 1.93 bits per heavy atom. The average Bonchev–Trinajstić information content (AvgIpc) is 3.15. The second kappa shape index (κ2) is 8.90. The van der Waals surface area contributed by atoms with Crippen molar-refractivity contribution in [1.29, 1.82) is 0 Å². The van der Waals surface area contributed by atoms with Gasteiger partial charge in [-0.15, -0.1) is 0 Å². The minimum Gasteiger partial charge on any atom is -0.497 e. The van der Waals surface area contributed by atoms with Gasteiger partial charge in [0.05, 0.1) is 13.7 Å². The number of carbonyl (C=O) groups is 1. The molecule has 1 amide bonds. The van der Waals surface area contributed by atoms with Crippen molar-refractivity contribution in [2.24, 2.45) is 5.92 Å². The monoisotopic (exact) mass is 372 g/mol. The van der Waals surface area contributed by atoms with Crippen LogP contribution in [0.15, 0.2) is 34.9 Å². The third-order valence-electron chi connectivity index (χ3n) is 4.62. The van der Waals surface area contributed by atoms with Crippen molar-refractivity contribution >= 4 is 11.6 Å². The lowest BCUT2D eigenvalue weighted by Crippen LogP contribution is -2.46. The minimum absolute atomic E-state index is 0.178. The van der Waals surface area contributed by atoms with Crippen molar-refractivity contribution < 1.29 is 13.9 Å². The molecule has 0 radical (unpaired) electrons. The second-order valence-corrected chi connectivity index (χ2v) is 7.19. The van der Waals surface area contributed by atoms with Gasteiger partial charge in [-0.05, 0) is 30.2 Å². The third-order valence-corrected chi connectivity index (χ3v) is 4.62. The lowest BCUT2D eigenvalue weighted by molar-refractivity contribution is 0.0944. The van der Waals surface area contributed by atoms with Gasteiger partial charge in [0.2, 0.25) is 5.89 Å². The van der Waals surface area contributed by atoms with Gasteiger partial charge >= 0.3 is 0 Å². The summed E-state index contributed by atoms with van der Waals surface area (Å²) >= 11 is 0. The zero-order valence-electron chi connectivity index (χ0n) is 16.3. The molecule has 146 valence electrons.